The third kappa shape index (κ3) is 6.76. The Morgan fingerprint density at radius 1 is 0.725 bits per heavy atom. The molecule has 0 saturated carbocycles. The van der Waals surface area contributed by atoms with E-state index in [1.165, 1.54) is 0 Å². The second-order valence-electron chi connectivity index (χ2n) is 12.3. The molecule has 0 unspecified atom stereocenters. The molecule has 2 heterocycles. The van der Waals surface area contributed by atoms with Crippen LogP contribution in [0.15, 0.2) is 144 Å². The summed E-state index contributed by atoms with van der Waals surface area (Å²) < 4.78 is 14.3. The molecule has 0 amide bonds. The average Bonchev–Trinajstić information content (AvgIpc) is 3.77. The highest BCUT2D eigenvalue weighted by Gasteiger charge is 2.41. The molecule has 11 heteroatoms. The fourth-order valence-electron chi connectivity index (χ4n) is 6.68. The first-order valence-electron chi connectivity index (χ1n) is 16.8. The summed E-state index contributed by atoms with van der Waals surface area (Å²) in [4.78, 5) is 26.5. The molecule has 256 valence electrons. The number of halogens is 1. The second kappa shape index (κ2) is 14.7. The van der Waals surface area contributed by atoms with Crippen molar-refractivity contribution in [3.63, 3.8) is 0 Å². The van der Waals surface area contributed by atoms with Crippen LogP contribution in [0, 0.1) is 0 Å². The minimum absolute atomic E-state index is 0.102. The van der Waals surface area contributed by atoms with E-state index in [-0.39, 0.29) is 16.6 Å². The van der Waals surface area contributed by atoms with Gasteiger partial charge in [0.2, 0.25) is 5.82 Å². The summed E-state index contributed by atoms with van der Waals surface area (Å²) in [5.41, 5.74) is 5.59. The predicted octanol–water partition coefficient (Wildman–Crippen LogP) is 8.00. The summed E-state index contributed by atoms with van der Waals surface area (Å²) in [6.45, 7) is 2.35. The molecule has 0 aliphatic heterocycles. The van der Waals surface area contributed by atoms with E-state index in [1.54, 1.807) is 9.36 Å². The molecule has 0 spiro atoms. The Morgan fingerprint density at radius 3 is 1.78 bits per heavy atom. The zero-order valence-corrected chi connectivity index (χ0v) is 30.4. The minimum atomic E-state index is -4.58. The Kier molecular flexibility index (Phi) is 9.93. The predicted molar refractivity (Wildman–Crippen MR) is 203 cm³/mol. The number of aromatic nitrogens is 6. The summed E-state index contributed by atoms with van der Waals surface area (Å²) in [7, 11) is -4.58. The molecular formula is C40H36BrN6O3P. The van der Waals surface area contributed by atoms with E-state index in [9.17, 15) is 14.4 Å². The van der Waals surface area contributed by atoms with Gasteiger partial charge < -0.3 is 14.4 Å². The fourth-order valence-corrected chi connectivity index (χ4v) is 8.58. The van der Waals surface area contributed by atoms with Crippen LogP contribution in [-0.2, 0) is 23.1 Å². The van der Waals surface area contributed by atoms with Crippen molar-refractivity contribution in [3.8, 4) is 22.5 Å². The van der Waals surface area contributed by atoms with Crippen LogP contribution in [0.25, 0.3) is 22.5 Å². The SMILES string of the molecule is CCCCc1nc(Br)c(P(=O)(O)O)n1Cc1ccc(-c2ccccc2-c2nnn(C(c3ccccc3)(c3ccccc3)c3ccccc3)n2)cc1. The van der Waals surface area contributed by atoms with Crippen LogP contribution < -0.4 is 5.44 Å². The van der Waals surface area contributed by atoms with E-state index < -0.39 is 13.1 Å². The topological polar surface area (TPSA) is 119 Å². The van der Waals surface area contributed by atoms with Gasteiger partial charge in [0.15, 0.2) is 11.0 Å². The first kappa shape index (κ1) is 34.5. The van der Waals surface area contributed by atoms with Gasteiger partial charge in [0, 0.05) is 18.5 Å². The van der Waals surface area contributed by atoms with Gasteiger partial charge in [-0.15, -0.1) is 15.0 Å². The number of rotatable bonds is 12. The molecule has 0 aliphatic rings. The Morgan fingerprint density at radius 2 is 1.25 bits per heavy atom. The summed E-state index contributed by atoms with van der Waals surface area (Å²) in [6.07, 6.45) is 2.42. The highest BCUT2D eigenvalue weighted by Crippen LogP contribution is 2.41. The van der Waals surface area contributed by atoms with Crippen LogP contribution in [-0.4, -0.2) is 39.5 Å². The highest BCUT2D eigenvalue weighted by molar-refractivity contribution is 9.10. The lowest BCUT2D eigenvalue weighted by Crippen LogP contribution is -2.39. The van der Waals surface area contributed by atoms with Crippen molar-refractivity contribution in [2.75, 3.05) is 0 Å². The zero-order valence-electron chi connectivity index (χ0n) is 27.9. The molecule has 0 fully saturated rings. The van der Waals surface area contributed by atoms with Gasteiger partial charge in [0.1, 0.15) is 10.4 Å². The molecule has 51 heavy (non-hydrogen) atoms. The number of hydrogen-bond acceptors (Lipinski definition) is 5. The Labute approximate surface area is 305 Å². The molecule has 2 N–H and O–H groups in total. The number of hydrogen-bond donors (Lipinski definition) is 2. The number of unbranched alkanes of at least 4 members (excludes halogenated alkanes) is 1. The smallest absolute Gasteiger partial charge is 0.320 e. The molecule has 0 aliphatic carbocycles. The number of tetrazole rings is 1. The molecular weight excluding hydrogens is 723 g/mol. The maximum Gasteiger partial charge on any atom is 0.375 e. The lowest BCUT2D eigenvalue weighted by atomic mass is 9.77. The third-order valence-electron chi connectivity index (χ3n) is 9.07. The van der Waals surface area contributed by atoms with Crippen molar-refractivity contribution in [1.82, 2.24) is 29.8 Å². The monoisotopic (exact) mass is 758 g/mol. The van der Waals surface area contributed by atoms with Gasteiger partial charge in [0.05, 0.1) is 0 Å². The Hall–Kier alpha value is -4.99. The van der Waals surface area contributed by atoms with E-state index in [1.807, 2.05) is 103 Å². The summed E-state index contributed by atoms with van der Waals surface area (Å²) in [6, 6.07) is 46.7. The summed E-state index contributed by atoms with van der Waals surface area (Å²) >= 11 is 3.29. The molecule has 2 aromatic heterocycles. The van der Waals surface area contributed by atoms with Crippen LogP contribution >= 0.6 is 23.5 Å². The molecule has 0 radical (unpaired) electrons. The molecule has 9 nitrogen and oxygen atoms in total. The lowest BCUT2D eigenvalue weighted by Gasteiger charge is -2.34. The van der Waals surface area contributed by atoms with Crippen molar-refractivity contribution in [3.05, 3.63) is 172 Å². The maximum absolute atomic E-state index is 12.5. The molecule has 0 bridgehead atoms. The molecule has 0 atom stereocenters. The van der Waals surface area contributed by atoms with Gasteiger partial charge in [-0.2, -0.15) is 0 Å². The third-order valence-corrected chi connectivity index (χ3v) is 10.9. The van der Waals surface area contributed by atoms with Gasteiger partial charge in [-0.3, -0.25) is 4.57 Å². The number of aryl methyl sites for hydroxylation is 1. The van der Waals surface area contributed by atoms with Gasteiger partial charge >= 0.3 is 7.60 Å². The van der Waals surface area contributed by atoms with Crippen LogP contribution in [0.2, 0.25) is 0 Å². The Balaban J connectivity index is 1.28. The van der Waals surface area contributed by atoms with Gasteiger partial charge in [-0.1, -0.05) is 153 Å². The van der Waals surface area contributed by atoms with Crippen LogP contribution in [0.5, 0.6) is 0 Å². The highest BCUT2D eigenvalue weighted by atomic mass is 79.9. The molecule has 7 aromatic rings. The minimum Gasteiger partial charge on any atom is -0.320 e. The number of nitrogens with zero attached hydrogens (tertiary/aromatic N) is 6. The standard InChI is InChI=1S/C40H36BrN6O3P/c1-2-3-23-36-42-37(41)39(51(48,49)50)46(36)28-29-24-26-30(27-25-29)34-21-13-14-22-35(34)38-43-45-47(44-38)40(31-15-7-4-8-16-31,32-17-9-5-10-18-32)33-19-11-6-12-20-33/h4-22,24-27H,2-3,23,28H2,1H3,(H2,48,49,50). The van der Waals surface area contributed by atoms with Crippen molar-refractivity contribution in [1.29, 1.82) is 0 Å². The van der Waals surface area contributed by atoms with E-state index in [0.717, 1.165) is 51.8 Å². The van der Waals surface area contributed by atoms with Gasteiger partial charge in [-0.05, 0) is 60.9 Å². The molecule has 5 aromatic carbocycles. The van der Waals surface area contributed by atoms with Crippen LogP contribution in [0.1, 0.15) is 47.8 Å². The quantitative estimate of drug-likeness (QED) is 0.0958. The maximum atomic E-state index is 12.5. The first-order chi connectivity index (χ1) is 24.8. The average molecular weight is 760 g/mol. The van der Waals surface area contributed by atoms with E-state index in [4.69, 9.17) is 10.3 Å². The van der Waals surface area contributed by atoms with Crippen molar-refractivity contribution < 1.29 is 14.4 Å². The first-order valence-corrected chi connectivity index (χ1v) is 19.2. The zero-order chi connectivity index (χ0) is 35.4. The van der Waals surface area contributed by atoms with Crippen molar-refractivity contribution in [2.45, 2.75) is 38.3 Å². The molecule has 7 rings (SSSR count). The fraction of sp³-hybridized carbons (Fsp3) is 0.150. The van der Waals surface area contributed by atoms with Crippen LogP contribution in [0.3, 0.4) is 0 Å². The van der Waals surface area contributed by atoms with E-state index in [2.05, 4.69) is 69.3 Å². The summed E-state index contributed by atoms with van der Waals surface area (Å²) in [5.74, 6) is 1.13. The lowest BCUT2D eigenvalue weighted by molar-refractivity contribution is 0.384. The van der Waals surface area contributed by atoms with Crippen molar-refractivity contribution in [2.24, 2.45) is 0 Å². The number of imidazole rings is 1. The molecule has 0 saturated heterocycles. The van der Waals surface area contributed by atoms with Crippen molar-refractivity contribution >= 4 is 29.0 Å². The van der Waals surface area contributed by atoms with Gasteiger partial charge in [-0.25, -0.2) is 4.98 Å². The second-order valence-corrected chi connectivity index (χ2v) is 14.6. The summed E-state index contributed by atoms with van der Waals surface area (Å²) in [5, 5.41) is 14.5. The number of benzene rings is 5. The van der Waals surface area contributed by atoms with Crippen LogP contribution in [0.4, 0.5) is 0 Å². The van der Waals surface area contributed by atoms with E-state index in [0.29, 0.717) is 18.1 Å². The Bertz CT molecular complexity index is 2190. The normalized spacial score (nSPS) is 11.9. The van der Waals surface area contributed by atoms with Gasteiger partial charge in [0.25, 0.3) is 0 Å². The van der Waals surface area contributed by atoms with E-state index >= 15 is 0 Å². The largest absolute Gasteiger partial charge is 0.375 e.